The average molecular weight is 343 g/mol. The van der Waals surface area contributed by atoms with E-state index in [4.69, 9.17) is 11.6 Å². The molecule has 0 spiro atoms. The monoisotopic (exact) mass is 342 g/mol. The second kappa shape index (κ2) is 8.22. The lowest BCUT2D eigenvalue weighted by Gasteiger charge is -2.35. The van der Waals surface area contributed by atoms with Gasteiger partial charge in [0.15, 0.2) is 0 Å². The van der Waals surface area contributed by atoms with Gasteiger partial charge in [0.2, 0.25) is 6.43 Å². The minimum atomic E-state index is -2.49. The number of alkyl halides is 2. The van der Waals surface area contributed by atoms with E-state index in [2.05, 4.69) is 5.32 Å². The van der Waals surface area contributed by atoms with Gasteiger partial charge in [0, 0.05) is 44.2 Å². The molecule has 7 heteroatoms. The van der Waals surface area contributed by atoms with Crippen molar-refractivity contribution in [3.63, 3.8) is 0 Å². The molecule has 1 saturated heterocycles. The van der Waals surface area contributed by atoms with Crippen molar-refractivity contribution in [2.24, 2.45) is 0 Å². The first kappa shape index (κ1) is 18.6. The van der Waals surface area contributed by atoms with Crippen LogP contribution in [0, 0.1) is 12.7 Å². The summed E-state index contributed by atoms with van der Waals surface area (Å²) in [5, 5.41) is 3.42. The van der Waals surface area contributed by atoms with Gasteiger partial charge in [0.25, 0.3) is 0 Å². The summed E-state index contributed by atoms with van der Waals surface area (Å²) in [6, 6.07) is 2.19. The van der Waals surface area contributed by atoms with E-state index in [0.717, 1.165) is 0 Å². The van der Waals surface area contributed by atoms with Crippen molar-refractivity contribution in [3.8, 4) is 0 Å². The van der Waals surface area contributed by atoms with Crippen LogP contribution >= 0.6 is 24.0 Å². The molecular weight excluding hydrogens is 324 g/mol. The van der Waals surface area contributed by atoms with Crippen molar-refractivity contribution in [3.05, 3.63) is 34.1 Å². The molecule has 0 saturated carbocycles. The van der Waals surface area contributed by atoms with Crippen LogP contribution in [-0.4, -0.2) is 37.5 Å². The highest BCUT2D eigenvalue weighted by molar-refractivity contribution is 6.32. The quantitative estimate of drug-likeness (QED) is 0.894. The summed E-state index contributed by atoms with van der Waals surface area (Å²) in [6.07, 6.45) is -2.90. The molecule has 0 aromatic heterocycles. The van der Waals surface area contributed by atoms with Gasteiger partial charge in [0.1, 0.15) is 5.82 Å². The maximum atomic E-state index is 14.1. The van der Waals surface area contributed by atoms with E-state index < -0.39 is 24.7 Å². The molecule has 21 heavy (non-hydrogen) atoms. The lowest BCUT2D eigenvalue weighted by Crippen LogP contribution is -2.45. The van der Waals surface area contributed by atoms with E-state index in [1.165, 1.54) is 6.07 Å². The smallest absolute Gasteiger partial charge is 0.240 e. The minimum Gasteiger partial charge on any atom is -0.314 e. The number of nitrogens with zero attached hydrogens (tertiary/aromatic N) is 1. The molecule has 1 aromatic rings. The third-order valence-corrected chi connectivity index (χ3v) is 4.15. The molecular formula is C14H19Cl2F3N2. The van der Waals surface area contributed by atoms with Crippen LogP contribution < -0.4 is 5.32 Å². The molecule has 2 rings (SSSR count). The summed E-state index contributed by atoms with van der Waals surface area (Å²) in [6.45, 7) is 4.40. The predicted octanol–water partition coefficient (Wildman–Crippen LogP) is 3.81. The fraction of sp³-hybridized carbons (Fsp3) is 0.571. The van der Waals surface area contributed by atoms with Crippen molar-refractivity contribution >= 4 is 24.0 Å². The summed E-state index contributed by atoms with van der Waals surface area (Å²) < 4.78 is 39.9. The van der Waals surface area contributed by atoms with Crippen molar-refractivity contribution in [1.82, 2.24) is 10.2 Å². The Balaban J connectivity index is 0.00000220. The minimum absolute atomic E-state index is 0. The summed E-state index contributed by atoms with van der Waals surface area (Å²) in [5.41, 5.74) is 0.909. The zero-order valence-corrected chi connectivity index (χ0v) is 13.3. The van der Waals surface area contributed by atoms with Crippen molar-refractivity contribution in [2.75, 3.05) is 26.2 Å². The molecule has 0 aliphatic carbocycles. The lowest BCUT2D eigenvalue weighted by molar-refractivity contribution is 0.0725. The number of halogens is 5. The van der Waals surface area contributed by atoms with Crippen LogP contribution in [0.4, 0.5) is 13.2 Å². The van der Waals surface area contributed by atoms with Gasteiger partial charge >= 0.3 is 0 Å². The van der Waals surface area contributed by atoms with Crippen LogP contribution in [-0.2, 0) is 0 Å². The fourth-order valence-corrected chi connectivity index (χ4v) is 2.88. The summed E-state index contributed by atoms with van der Waals surface area (Å²) >= 11 is 6.17. The molecule has 1 aliphatic rings. The summed E-state index contributed by atoms with van der Waals surface area (Å²) in [5.74, 6) is -0.509. The molecule has 2 nitrogen and oxygen atoms in total. The molecule has 0 amide bonds. The van der Waals surface area contributed by atoms with Gasteiger partial charge in [-0.2, -0.15) is 0 Å². The number of nitrogens with one attached hydrogen (secondary N) is 1. The zero-order valence-electron chi connectivity index (χ0n) is 11.7. The van der Waals surface area contributed by atoms with Crippen LogP contribution in [0.3, 0.4) is 0 Å². The second-order valence-electron chi connectivity index (χ2n) is 5.02. The highest BCUT2D eigenvalue weighted by atomic mass is 35.5. The standard InChI is InChI=1S/C14H18ClF3N2.ClH/c1-9-2-3-10(16)13(14(9)15)11(8-12(17)18)20-6-4-19-5-7-20;/h2-3,11-12,19H,4-8H2,1H3;1H/t11-;/m0./s1. The molecule has 0 unspecified atom stereocenters. The van der Waals surface area contributed by atoms with Gasteiger partial charge in [-0.1, -0.05) is 17.7 Å². The number of hydrogen-bond acceptors (Lipinski definition) is 2. The number of rotatable bonds is 4. The van der Waals surface area contributed by atoms with Crippen LogP contribution in [0.15, 0.2) is 12.1 Å². The third kappa shape index (κ3) is 4.49. The van der Waals surface area contributed by atoms with Gasteiger partial charge in [-0.3, -0.25) is 4.90 Å². The van der Waals surface area contributed by atoms with Gasteiger partial charge in [-0.25, -0.2) is 13.2 Å². The predicted molar refractivity (Wildman–Crippen MR) is 81.2 cm³/mol. The van der Waals surface area contributed by atoms with Crippen LogP contribution in [0.2, 0.25) is 5.02 Å². The summed E-state index contributed by atoms with van der Waals surface area (Å²) in [7, 11) is 0. The SMILES string of the molecule is Cc1ccc(F)c([C@H](CC(F)F)N2CCNCC2)c1Cl.Cl. The molecule has 1 fully saturated rings. The maximum Gasteiger partial charge on any atom is 0.240 e. The fourth-order valence-electron chi connectivity index (χ4n) is 2.60. The molecule has 1 N–H and O–H groups in total. The van der Waals surface area contributed by atoms with Crippen LogP contribution in [0.25, 0.3) is 0 Å². The van der Waals surface area contributed by atoms with Crippen molar-refractivity contribution in [2.45, 2.75) is 25.8 Å². The van der Waals surface area contributed by atoms with E-state index in [0.29, 0.717) is 31.7 Å². The molecule has 120 valence electrons. The Morgan fingerprint density at radius 3 is 2.48 bits per heavy atom. The lowest BCUT2D eigenvalue weighted by atomic mass is 9.98. The Morgan fingerprint density at radius 1 is 1.29 bits per heavy atom. The Bertz CT molecular complexity index is 466. The van der Waals surface area contributed by atoms with E-state index in [9.17, 15) is 13.2 Å². The third-order valence-electron chi connectivity index (χ3n) is 3.65. The average Bonchev–Trinajstić information content (AvgIpc) is 2.43. The normalized spacial score (nSPS) is 17.6. The van der Waals surface area contributed by atoms with E-state index in [1.807, 2.05) is 4.90 Å². The van der Waals surface area contributed by atoms with Crippen LogP contribution in [0.1, 0.15) is 23.6 Å². The van der Waals surface area contributed by atoms with E-state index in [1.54, 1.807) is 13.0 Å². The summed E-state index contributed by atoms with van der Waals surface area (Å²) in [4.78, 5) is 1.88. The van der Waals surface area contributed by atoms with E-state index in [-0.39, 0.29) is 23.0 Å². The van der Waals surface area contributed by atoms with Gasteiger partial charge in [-0.05, 0) is 18.6 Å². The number of hydrogen-bond donors (Lipinski definition) is 1. The molecule has 1 aromatic carbocycles. The Hall–Kier alpha value is -0.490. The second-order valence-corrected chi connectivity index (χ2v) is 5.40. The molecule has 1 heterocycles. The zero-order chi connectivity index (χ0) is 14.7. The molecule has 0 radical (unpaired) electrons. The number of piperazine rings is 1. The van der Waals surface area contributed by atoms with Crippen molar-refractivity contribution < 1.29 is 13.2 Å². The highest BCUT2D eigenvalue weighted by Crippen LogP contribution is 2.36. The Labute approximate surface area is 134 Å². The van der Waals surface area contributed by atoms with Gasteiger partial charge in [-0.15, -0.1) is 12.4 Å². The Morgan fingerprint density at radius 2 is 1.90 bits per heavy atom. The highest BCUT2D eigenvalue weighted by Gasteiger charge is 2.29. The van der Waals surface area contributed by atoms with E-state index >= 15 is 0 Å². The Kier molecular flexibility index (Phi) is 7.27. The van der Waals surface area contributed by atoms with Gasteiger partial charge in [0.05, 0.1) is 5.02 Å². The first-order chi connectivity index (χ1) is 9.50. The largest absolute Gasteiger partial charge is 0.314 e. The molecule has 1 atom stereocenters. The first-order valence-electron chi connectivity index (χ1n) is 6.68. The maximum absolute atomic E-state index is 14.1. The first-order valence-corrected chi connectivity index (χ1v) is 7.06. The van der Waals surface area contributed by atoms with Crippen LogP contribution in [0.5, 0.6) is 0 Å². The van der Waals surface area contributed by atoms with Gasteiger partial charge < -0.3 is 5.32 Å². The topological polar surface area (TPSA) is 15.3 Å². The molecule has 0 bridgehead atoms. The van der Waals surface area contributed by atoms with Crippen molar-refractivity contribution in [1.29, 1.82) is 0 Å². The molecule has 1 aliphatic heterocycles. The number of benzene rings is 1. The number of aryl methyl sites for hydroxylation is 1.